The molecular weight excluding hydrogens is 350 g/mol. The van der Waals surface area contributed by atoms with E-state index in [1.54, 1.807) is 6.26 Å². The molecule has 152 valence electrons. The number of rotatable bonds is 5. The Morgan fingerprint density at radius 2 is 2.11 bits per heavy atom. The number of allylic oxidation sites excluding steroid dienone is 2. The van der Waals surface area contributed by atoms with E-state index >= 15 is 0 Å². The van der Waals surface area contributed by atoms with Crippen LogP contribution in [-0.4, -0.2) is 17.7 Å². The fourth-order valence-corrected chi connectivity index (χ4v) is 7.90. The lowest BCUT2D eigenvalue weighted by molar-refractivity contribution is -0.177. The molecule has 0 aromatic carbocycles. The fourth-order valence-electron chi connectivity index (χ4n) is 7.90. The van der Waals surface area contributed by atoms with Gasteiger partial charge in [-0.1, -0.05) is 38.8 Å². The average molecular weight is 384 g/mol. The fraction of sp³-hybridized carbons (Fsp3) is 0.750. The maximum Gasteiger partial charge on any atom is 0.316 e. The van der Waals surface area contributed by atoms with Gasteiger partial charge in [-0.05, 0) is 68.3 Å². The largest absolute Gasteiger partial charge is 0.501 e. The van der Waals surface area contributed by atoms with Gasteiger partial charge in [-0.3, -0.25) is 4.79 Å². The normalized spacial score (nSPS) is 45.4. The Balaban J connectivity index is 1.95. The van der Waals surface area contributed by atoms with Crippen LogP contribution in [0.5, 0.6) is 0 Å². The highest BCUT2D eigenvalue weighted by atomic mass is 16.5. The van der Waals surface area contributed by atoms with Crippen molar-refractivity contribution in [1.82, 2.24) is 0 Å². The molecule has 0 aromatic heterocycles. The third-order valence-electron chi connectivity index (χ3n) is 8.70. The summed E-state index contributed by atoms with van der Waals surface area (Å²) in [5, 5.41) is 21.4. The molecule has 0 aliphatic heterocycles. The number of hydrogen-bond donors (Lipinski definition) is 1. The topological polar surface area (TPSA) is 70.3 Å². The molecule has 0 heterocycles. The molecule has 4 heteroatoms. The van der Waals surface area contributed by atoms with Crippen LogP contribution in [0.25, 0.3) is 0 Å². The molecule has 1 N–H and O–H groups in total. The minimum atomic E-state index is -1.12. The van der Waals surface area contributed by atoms with Crippen LogP contribution in [-0.2, 0) is 9.53 Å². The molecule has 0 amide bonds. The SMILES string of the molecule is CC(C)=COCC12CC3C(C)CCC3C3(C#N)CC1C=C(C(C)C)C32C(=O)O. The molecule has 3 fully saturated rings. The Morgan fingerprint density at radius 1 is 1.39 bits per heavy atom. The minimum absolute atomic E-state index is 0.115. The predicted octanol–water partition coefficient (Wildman–Crippen LogP) is 5.18. The molecule has 7 unspecified atom stereocenters. The van der Waals surface area contributed by atoms with Crippen molar-refractivity contribution in [3.8, 4) is 6.07 Å². The summed E-state index contributed by atoms with van der Waals surface area (Å²) >= 11 is 0. The molecule has 0 radical (unpaired) electrons. The van der Waals surface area contributed by atoms with E-state index in [-0.39, 0.29) is 17.8 Å². The van der Waals surface area contributed by atoms with Gasteiger partial charge >= 0.3 is 5.97 Å². The lowest BCUT2D eigenvalue weighted by Crippen LogP contribution is -2.62. The number of carbonyl (C=O) groups is 1. The Labute approximate surface area is 168 Å². The van der Waals surface area contributed by atoms with Gasteiger partial charge in [-0.15, -0.1) is 0 Å². The molecule has 0 spiro atoms. The number of carboxylic acid groups (broad SMARTS) is 1. The first-order valence-corrected chi connectivity index (χ1v) is 10.8. The number of hydrogen-bond acceptors (Lipinski definition) is 3. The average Bonchev–Trinajstić information content (AvgIpc) is 3.18. The molecule has 4 bridgehead atoms. The second kappa shape index (κ2) is 6.12. The zero-order chi connectivity index (χ0) is 20.5. The van der Waals surface area contributed by atoms with E-state index in [4.69, 9.17) is 4.74 Å². The van der Waals surface area contributed by atoms with Crippen molar-refractivity contribution in [2.45, 2.75) is 60.3 Å². The summed E-state index contributed by atoms with van der Waals surface area (Å²) in [5.41, 5.74) is -0.386. The number of nitrogens with zero attached hydrogens (tertiary/aromatic N) is 1. The van der Waals surface area contributed by atoms with Crippen LogP contribution in [0.1, 0.15) is 60.3 Å². The summed E-state index contributed by atoms with van der Waals surface area (Å²) in [6, 6.07) is 2.67. The molecule has 0 saturated heterocycles. The van der Waals surface area contributed by atoms with Gasteiger partial charge in [0.05, 0.1) is 24.4 Å². The molecule has 3 saturated carbocycles. The van der Waals surface area contributed by atoms with E-state index in [1.807, 2.05) is 13.8 Å². The second-order valence-corrected chi connectivity index (χ2v) is 10.4. The first kappa shape index (κ1) is 19.6. The van der Waals surface area contributed by atoms with Crippen molar-refractivity contribution in [3.05, 3.63) is 23.5 Å². The van der Waals surface area contributed by atoms with Crippen molar-refractivity contribution in [2.75, 3.05) is 6.61 Å². The third kappa shape index (κ3) is 1.98. The van der Waals surface area contributed by atoms with Crippen LogP contribution in [0.4, 0.5) is 0 Å². The molecular formula is C24H33NO3. The van der Waals surface area contributed by atoms with Gasteiger partial charge in [-0.2, -0.15) is 5.26 Å². The second-order valence-electron chi connectivity index (χ2n) is 10.4. The zero-order valence-corrected chi connectivity index (χ0v) is 17.8. The molecule has 4 rings (SSSR count). The maximum absolute atomic E-state index is 13.2. The van der Waals surface area contributed by atoms with E-state index in [0.29, 0.717) is 24.9 Å². The van der Waals surface area contributed by atoms with Crippen LogP contribution in [0.2, 0.25) is 0 Å². The smallest absolute Gasteiger partial charge is 0.316 e. The van der Waals surface area contributed by atoms with E-state index in [1.165, 1.54) is 0 Å². The van der Waals surface area contributed by atoms with Crippen molar-refractivity contribution in [2.24, 2.45) is 45.8 Å². The van der Waals surface area contributed by atoms with Gasteiger partial charge in [0, 0.05) is 5.41 Å². The Kier molecular flexibility index (Phi) is 4.27. The Morgan fingerprint density at radius 3 is 2.68 bits per heavy atom. The highest BCUT2D eigenvalue weighted by Crippen LogP contribution is 2.83. The van der Waals surface area contributed by atoms with Crippen LogP contribution in [0.15, 0.2) is 23.5 Å². The van der Waals surface area contributed by atoms with Gasteiger partial charge in [-0.25, -0.2) is 0 Å². The number of aliphatic carboxylic acids is 1. The van der Waals surface area contributed by atoms with Crippen LogP contribution in [0, 0.1) is 57.2 Å². The van der Waals surface area contributed by atoms with Gasteiger partial charge in [0.15, 0.2) is 0 Å². The molecule has 7 atom stereocenters. The summed E-state index contributed by atoms with van der Waals surface area (Å²) in [5.74, 6) is 0.593. The van der Waals surface area contributed by atoms with Crippen molar-refractivity contribution in [3.63, 3.8) is 0 Å². The van der Waals surface area contributed by atoms with E-state index < -0.39 is 22.2 Å². The third-order valence-corrected chi connectivity index (χ3v) is 8.70. The lowest BCUT2D eigenvalue weighted by atomic mass is 9.43. The number of nitriles is 1. The van der Waals surface area contributed by atoms with Gasteiger partial charge < -0.3 is 9.84 Å². The van der Waals surface area contributed by atoms with Crippen LogP contribution >= 0.6 is 0 Å². The number of fused-ring (bicyclic) bond motifs is 2. The molecule has 4 aliphatic carbocycles. The number of carboxylic acids is 1. The Hall–Kier alpha value is -1.76. The van der Waals surface area contributed by atoms with Crippen molar-refractivity contribution in [1.29, 1.82) is 5.26 Å². The monoisotopic (exact) mass is 383 g/mol. The summed E-state index contributed by atoms with van der Waals surface area (Å²) in [6.45, 7) is 10.8. The Bertz CT molecular complexity index is 801. The van der Waals surface area contributed by atoms with E-state index in [0.717, 1.165) is 30.4 Å². The van der Waals surface area contributed by atoms with E-state index in [9.17, 15) is 15.2 Å². The van der Waals surface area contributed by atoms with Crippen molar-refractivity contribution < 1.29 is 14.6 Å². The van der Waals surface area contributed by atoms with Gasteiger partial charge in [0.2, 0.25) is 0 Å². The quantitative estimate of drug-likeness (QED) is 0.525. The van der Waals surface area contributed by atoms with Crippen LogP contribution < -0.4 is 0 Å². The first-order valence-electron chi connectivity index (χ1n) is 10.8. The molecule has 0 aromatic rings. The first-order chi connectivity index (χ1) is 13.2. The van der Waals surface area contributed by atoms with Crippen LogP contribution in [0.3, 0.4) is 0 Å². The molecule has 4 nitrogen and oxygen atoms in total. The molecule has 28 heavy (non-hydrogen) atoms. The summed E-state index contributed by atoms with van der Waals surface area (Å²) < 4.78 is 6.04. The summed E-state index contributed by atoms with van der Waals surface area (Å²) in [7, 11) is 0. The lowest BCUT2D eigenvalue weighted by Gasteiger charge is -2.57. The zero-order valence-electron chi connectivity index (χ0n) is 17.8. The standard InChI is InChI=1S/C24H33NO3/c1-14(2)11-28-13-23-10-18-16(5)6-7-19(18)22(12-25)9-17(23)8-20(15(3)4)24(22,23)21(26)27/h8,11,15-19H,6-7,9-10,13H2,1-5H3,(H,26,27). The summed E-state index contributed by atoms with van der Waals surface area (Å²) in [4.78, 5) is 13.2. The molecule has 4 aliphatic rings. The van der Waals surface area contributed by atoms with Gasteiger partial charge in [0.1, 0.15) is 5.41 Å². The number of ether oxygens (including phenoxy) is 1. The summed E-state index contributed by atoms with van der Waals surface area (Å²) in [6.07, 6.45) is 7.62. The highest BCUT2D eigenvalue weighted by molar-refractivity contribution is 5.85. The van der Waals surface area contributed by atoms with Crippen molar-refractivity contribution >= 4 is 5.97 Å². The predicted molar refractivity (Wildman–Crippen MR) is 107 cm³/mol. The van der Waals surface area contributed by atoms with Gasteiger partial charge in [0.25, 0.3) is 0 Å². The van der Waals surface area contributed by atoms with E-state index in [2.05, 4.69) is 32.9 Å². The maximum atomic E-state index is 13.2. The highest BCUT2D eigenvalue weighted by Gasteiger charge is 2.85. The minimum Gasteiger partial charge on any atom is -0.501 e.